The van der Waals surface area contributed by atoms with Gasteiger partial charge in [0.15, 0.2) is 11.5 Å². The molecule has 102 valence electrons. The fourth-order valence-electron chi connectivity index (χ4n) is 1.46. The normalized spacial score (nSPS) is 13.0. The SMILES string of the molecule is CCOc1cc(NC(C)C(C)(C)O)ccc1OC. The van der Waals surface area contributed by atoms with Gasteiger partial charge < -0.3 is 19.9 Å². The van der Waals surface area contributed by atoms with Crippen molar-refractivity contribution in [1.82, 2.24) is 0 Å². The van der Waals surface area contributed by atoms with Crippen LogP contribution in [0, 0.1) is 0 Å². The molecule has 0 heterocycles. The summed E-state index contributed by atoms with van der Waals surface area (Å²) in [6.07, 6.45) is 0. The first-order valence-electron chi connectivity index (χ1n) is 6.18. The highest BCUT2D eigenvalue weighted by Crippen LogP contribution is 2.31. The molecule has 0 aliphatic carbocycles. The van der Waals surface area contributed by atoms with E-state index in [-0.39, 0.29) is 6.04 Å². The van der Waals surface area contributed by atoms with Gasteiger partial charge in [-0.1, -0.05) is 0 Å². The molecule has 0 bridgehead atoms. The molecule has 1 aromatic rings. The van der Waals surface area contributed by atoms with Gasteiger partial charge in [0.05, 0.1) is 25.4 Å². The van der Waals surface area contributed by atoms with Crippen LogP contribution in [-0.2, 0) is 0 Å². The number of ether oxygens (including phenoxy) is 2. The second-order valence-electron chi connectivity index (χ2n) is 4.82. The summed E-state index contributed by atoms with van der Waals surface area (Å²) in [6.45, 7) is 8.00. The molecule has 0 aromatic heterocycles. The summed E-state index contributed by atoms with van der Waals surface area (Å²) in [5.74, 6) is 1.41. The molecule has 1 atom stereocenters. The monoisotopic (exact) mass is 253 g/mol. The third kappa shape index (κ3) is 3.81. The Morgan fingerprint density at radius 3 is 2.50 bits per heavy atom. The molecule has 0 spiro atoms. The third-order valence-electron chi connectivity index (χ3n) is 2.91. The van der Waals surface area contributed by atoms with Crippen LogP contribution in [0.2, 0.25) is 0 Å². The summed E-state index contributed by atoms with van der Waals surface area (Å²) in [5.41, 5.74) is 0.111. The van der Waals surface area contributed by atoms with Crippen molar-refractivity contribution in [3.05, 3.63) is 18.2 Å². The first kappa shape index (κ1) is 14.6. The molecular weight excluding hydrogens is 230 g/mol. The Kier molecular flexibility index (Phi) is 4.84. The fourth-order valence-corrected chi connectivity index (χ4v) is 1.46. The van der Waals surface area contributed by atoms with Crippen molar-refractivity contribution < 1.29 is 14.6 Å². The highest BCUT2D eigenvalue weighted by atomic mass is 16.5. The Morgan fingerprint density at radius 1 is 1.33 bits per heavy atom. The van der Waals surface area contributed by atoms with Crippen LogP contribution >= 0.6 is 0 Å². The number of methoxy groups -OCH3 is 1. The maximum atomic E-state index is 9.90. The second kappa shape index (κ2) is 5.96. The van der Waals surface area contributed by atoms with E-state index in [1.165, 1.54) is 0 Å². The molecule has 0 amide bonds. The summed E-state index contributed by atoms with van der Waals surface area (Å²) in [5, 5.41) is 13.1. The van der Waals surface area contributed by atoms with Gasteiger partial charge in [0.25, 0.3) is 0 Å². The maximum absolute atomic E-state index is 9.90. The minimum absolute atomic E-state index is 0.0691. The number of benzene rings is 1. The zero-order chi connectivity index (χ0) is 13.8. The number of hydrogen-bond acceptors (Lipinski definition) is 4. The van der Waals surface area contributed by atoms with Crippen LogP contribution < -0.4 is 14.8 Å². The molecule has 1 rings (SSSR count). The van der Waals surface area contributed by atoms with Gasteiger partial charge in [0.2, 0.25) is 0 Å². The van der Waals surface area contributed by atoms with Gasteiger partial charge >= 0.3 is 0 Å². The van der Waals surface area contributed by atoms with Crippen molar-refractivity contribution in [3.63, 3.8) is 0 Å². The molecule has 0 radical (unpaired) electrons. The number of rotatable bonds is 6. The van der Waals surface area contributed by atoms with Gasteiger partial charge in [0.1, 0.15) is 0 Å². The smallest absolute Gasteiger partial charge is 0.163 e. The van der Waals surface area contributed by atoms with Crippen molar-refractivity contribution in [2.75, 3.05) is 19.0 Å². The van der Waals surface area contributed by atoms with Gasteiger partial charge in [0, 0.05) is 11.8 Å². The molecule has 4 heteroatoms. The molecule has 0 aliphatic heterocycles. The summed E-state index contributed by atoms with van der Waals surface area (Å²) in [4.78, 5) is 0. The predicted octanol–water partition coefficient (Wildman–Crippen LogP) is 2.67. The molecule has 18 heavy (non-hydrogen) atoms. The number of nitrogens with one attached hydrogen (secondary N) is 1. The molecule has 0 fully saturated rings. The van der Waals surface area contributed by atoms with Crippen molar-refractivity contribution in [2.45, 2.75) is 39.3 Å². The predicted molar refractivity (Wildman–Crippen MR) is 73.5 cm³/mol. The summed E-state index contributed by atoms with van der Waals surface area (Å²) in [6, 6.07) is 5.57. The Labute approximate surface area is 109 Å². The van der Waals surface area contributed by atoms with Crippen LogP contribution in [0.3, 0.4) is 0 Å². The minimum atomic E-state index is -0.786. The molecule has 0 saturated heterocycles. The minimum Gasteiger partial charge on any atom is -0.493 e. The van der Waals surface area contributed by atoms with Gasteiger partial charge in [-0.2, -0.15) is 0 Å². The largest absolute Gasteiger partial charge is 0.493 e. The Balaban J connectivity index is 2.88. The Bertz CT molecular complexity index is 385. The number of aliphatic hydroxyl groups is 1. The van der Waals surface area contributed by atoms with E-state index >= 15 is 0 Å². The summed E-state index contributed by atoms with van der Waals surface area (Å²) >= 11 is 0. The third-order valence-corrected chi connectivity index (χ3v) is 2.91. The Hall–Kier alpha value is -1.42. The van der Waals surface area contributed by atoms with E-state index in [1.807, 2.05) is 32.0 Å². The first-order chi connectivity index (χ1) is 8.38. The molecular formula is C14H23NO3. The lowest BCUT2D eigenvalue weighted by molar-refractivity contribution is 0.0649. The van der Waals surface area contributed by atoms with E-state index in [1.54, 1.807) is 21.0 Å². The van der Waals surface area contributed by atoms with Crippen molar-refractivity contribution in [2.24, 2.45) is 0 Å². The quantitative estimate of drug-likeness (QED) is 0.818. The van der Waals surface area contributed by atoms with E-state index < -0.39 is 5.60 Å². The molecule has 4 nitrogen and oxygen atoms in total. The summed E-state index contributed by atoms with van der Waals surface area (Å²) < 4.78 is 10.7. The highest BCUT2D eigenvalue weighted by molar-refractivity contribution is 5.55. The second-order valence-corrected chi connectivity index (χ2v) is 4.82. The van der Waals surface area contributed by atoms with Crippen LogP contribution in [0.1, 0.15) is 27.7 Å². The topological polar surface area (TPSA) is 50.7 Å². The van der Waals surface area contributed by atoms with Crippen LogP contribution in [0.25, 0.3) is 0 Å². The van der Waals surface area contributed by atoms with Gasteiger partial charge in [-0.25, -0.2) is 0 Å². The van der Waals surface area contributed by atoms with Crippen LogP contribution in [-0.4, -0.2) is 30.5 Å². The average molecular weight is 253 g/mol. The Morgan fingerprint density at radius 2 is 2.00 bits per heavy atom. The van der Waals surface area contributed by atoms with E-state index in [0.717, 1.165) is 5.69 Å². The van der Waals surface area contributed by atoms with Crippen LogP contribution in [0.5, 0.6) is 11.5 Å². The zero-order valence-electron chi connectivity index (χ0n) is 11.8. The van der Waals surface area contributed by atoms with Gasteiger partial charge in [-0.15, -0.1) is 0 Å². The number of hydrogen-bond donors (Lipinski definition) is 2. The molecule has 0 saturated carbocycles. The van der Waals surface area contributed by atoms with Crippen molar-refractivity contribution >= 4 is 5.69 Å². The highest BCUT2D eigenvalue weighted by Gasteiger charge is 2.22. The lowest BCUT2D eigenvalue weighted by Crippen LogP contribution is -2.39. The molecule has 1 aromatic carbocycles. The lowest BCUT2D eigenvalue weighted by Gasteiger charge is -2.28. The zero-order valence-corrected chi connectivity index (χ0v) is 11.8. The van der Waals surface area contributed by atoms with Crippen molar-refractivity contribution in [1.29, 1.82) is 0 Å². The first-order valence-corrected chi connectivity index (χ1v) is 6.18. The fraction of sp³-hybridized carbons (Fsp3) is 0.571. The van der Waals surface area contributed by atoms with Gasteiger partial charge in [-0.3, -0.25) is 0 Å². The van der Waals surface area contributed by atoms with E-state index in [4.69, 9.17) is 9.47 Å². The van der Waals surface area contributed by atoms with Crippen molar-refractivity contribution in [3.8, 4) is 11.5 Å². The van der Waals surface area contributed by atoms with Gasteiger partial charge in [-0.05, 0) is 39.8 Å². The average Bonchev–Trinajstić information content (AvgIpc) is 2.28. The van der Waals surface area contributed by atoms with E-state index in [9.17, 15) is 5.11 Å². The molecule has 1 unspecified atom stereocenters. The lowest BCUT2D eigenvalue weighted by atomic mass is 10.0. The van der Waals surface area contributed by atoms with E-state index in [2.05, 4.69) is 5.32 Å². The molecule has 0 aliphatic rings. The molecule has 2 N–H and O–H groups in total. The van der Waals surface area contributed by atoms with Crippen LogP contribution in [0.15, 0.2) is 18.2 Å². The van der Waals surface area contributed by atoms with Crippen LogP contribution in [0.4, 0.5) is 5.69 Å². The maximum Gasteiger partial charge on any atom is 0.163 e. The van der Waals surface area contributed by atoms with E-state index in [0.29, 0.717) is 18.1 Å². The number of anilines is 1. The standard InChI is InChI=1S/C14H23NO3/c1-6-18-13-9-11(7-8-12(13)17-5)15-10(2)14(3,4)16/h7-10,15-16H,6H2,1-5H3. The summed E-state index contributed by atoms with van der Waals surface area (Å²) in [7, 11) is 1.62.